The molecule has 1 heterocycles. The lowest BCUT2D eigenvalue weighted by molar-refractivity contribution is -0.133. The van der Waals surface area contributed by atoms with E-state index < -0.39 is 5.97 Å². The van der Waals surface area contributed by atoms with Crippen molar-refractivity contribution in [1.29, 1.82) is 0 Å². The standard InChI is InChI=1S/C12H22N2O3S/c1-2-7-14(10-3-5-13-6-4-10)11(15)8-18-9-12(16)17/h10,13H,2-9H2,1H3,(H,16,17). The number of hydrogen-bond donors (Lipinski definition) is 2. The Morgan fingerprint density at radius 2 is 2.00 bits per heavy atom. The molecule has 6 heteroatoms. The largest absolute Gasteiger partial charge is 0.481 e. The molecule has 0 saturated carbocycles. The van der Waals surface area contributed by atoms with E-state index in [0.717, 1.165) is 38.9 Å². The number of thioether (sulfide) groups is 1. The number of carboxylic acid groups (broad SMARTS) is 1. The smallest absolute Gasteiger partial charge is 0.313 e. The van der Waals surface area contributed by atoms with E-state index >= 15 is 0 Å². The number of carbonyl (C=O) groups excluding carboxylic acids is 1. The molecule has 0 radical (unpaired) electrons. The second kappa shape index (κ2) is 8.37. The minimum absolute atomic E-state index is 0.00206. The summed E-state index contributed by atoms with van der Waals surface area (Å²) in [6.07, 6.45) is 2.93. The molecule has 0 unspecified atom stereocenters. The van der Waals surface area contributed by atoms with E-state index in [1.807, 2.05) is 4.90 Å². The van der Waals surface area contributed by atoms with E-state index in [4.69, 9.17) is 5.11 Å². The van der Waals surface area contributed by atoms with Gasteiger partial charge in [0.1, 0.15) is 0 Å². The molecule has 18 heavy (non-hydrogen) atoms. The summed E-state index contributed by atoms with van der Waals surface area (Å²) < 4.78 is 0. The first kappa shape index (κ1) is 15.3. The molecule has 2 N–H and O–H groups in total. The first-order chi connectivity index (χ1) is 8.65. The maximum absolute atomic E-state index is 12.1. The van der Waals surface area contributed by atoms with Crippen molar-refractivity contribution >= 4 is 23.6 Å². The number of carboxylic acids is 1. The van der Waals surface area contributed by atoms with Crippen LogP contribution in [0, 0.1) is 0 Å². The number of rotatable bonds is 7. The molecule has 1 fully saturated rings. The summed E-state index contributed by atoms with van der Waals surface area (Å²) in [4.78, 5) is 24.5. The number of nitrogens with one attached hydrogen (secondary N) is 1. The van der Waals surface area contributed by atoms with E-state index in [-0.39, 0.29) is 17.4 Å². The number of nitrogens with zero attached hydrogens (tertiary/aromatic N) is 1. The fourth-order valence-corrected chi connectivity index (χ4v) is 2.80. The molecule has 0 aromatic heterocycles. The van der Waals surface area contributed by atoms with Crippen molar-refractivity contribution in [2.75, 3.05) is 31.1 Å². The van der Waals surface area contributed by atoms with Gasteiger partial charge in [0.05, 0.1) is 11.5 Å². The van der Waals surface area contributed by atoms with E-state index in [0.29, 0.717) is 6.04 Å². The lowest BCUT2D eigenvalue weighted by Gasteiger charge is -2.34. The van der Waals surface area contributed by atoms with Crippen LogP contribution in [0.5, 0.6) is 0 Å². The van der Waals surface area contributed by atoms with Gasteiger partial charge in [0.15, 0.2) is 0 Å². The summed E-state index contributed by atoms with van der Waals surface area (Å²) in [5.74, 6) is -0.513. The van der Waals surface area contributed by atoms with Crippen molar-refractivity contribution in [3.8, 4) is 0 Å². The zero-order valence-corrected chi connectivity index (χ0v) is 11.7. The summed E-state index contributed by atoms with van der Waals surface area (Å²) in [7, 11) is 0. The SMILES string of the molecule is CCCN(C(=O)CSCC(=O)O)C1CCNCC1. The van der Waals surface area contributed by atoms with Gasteiger partial charge in [-0.3, -0.25) is 9.59 Å². The van der Waals surface area contributed by atoms with Gasteiger partial charge in [-0.2, -0.15) is 0 Å². The normalized spacial score (nSPS) is 16.5. The Morgan fingerprint density at radius 1 is 1.33 bits per heavy atom. The maximum Gasteiger partial charge on any atom is 0.313 e. The van der Waals surface area contributed by atoms with Crippen LogP contribution in [0.3, 0.4) is 0 Å². The van der Waals surface area contributed by atoms with Crippen LogP contribution in [0.25, 0.3) is 0 Å². The Morgan fingerprint density at radius 3 is 2.56 bits per heavy atom. The zero-order chi connectivity index (χ0) is 13.4. The number of piperidine rings is 1. The van der Waals surface area contributed by atoms with Gasteiger partial charge < -0.3 is 15.3 Å². The molecule has 1 aliphatic rings. The highest BCUT2D eigenvalue weighted by atomic mass is 32.2. The predicted molar refractivity (Wildman–Crippen MR) is 72.9 cm³/mol. The Bertz CT molecular complexity index is 280. The monoisotopic (exact) mass is 274 g/mol. The van der Waals surface area contributed by atoms with Crippen LogP contribution in [0.15, 0.2) is 0 Å². The van der Waals surface area contributed by atoms with Crippen LogP contribution in [0.4, 0.5) is 0 Å². The fraction of sp³-hybridized carbons (Fsp3) is 0.833. The maximum atomic E-state index is 12.1. The summed E-state index contributed by atoms with van der Waals surface area (Å²) >= 11 is 1.18. The zero-order valence-electron chi connectivity index (χ0n) is 10.9. The molecule has 104 valence electrons. The van der Waals surface area contributed by atoms with Crippen LogP contribution in [-0.2, 0) is 9.59 Å². The molecule has 1 aliphatic heterocycles. The third kappa shape index (κ3) is 5.27. The number of hydrogen-bond acceptors (Lipinski definition) is 4. The molecule has 1 rings (SSSR count). The average Bonchev–Trinajstić information content (AvgIpc) is 2.36. The first-order valence-corrected chi connectivity index (χ1v) is 7.60. The Balaban J connectivity index is 2.43. The molecular weight excluding hydrogens is 252 g/mol. The summed E-state index contributed by atoms with van der Waals surface area (Å²) in [5.41, 5.74) is 0. The predicted octanol–water partition coefficient (Wildman–Crippen LogP) is 0.795. The van der Waals surface area contributed by atoms with E-state index in [2.05, 4.69) is 12.2 Å². The summed E-state index contributed by atoms with van der Waals surface area (Å²) in [6, 6.07) is 0.323. The van der Waals surface area contributed by atoms with Crippen molar-refractivity contribution in [1.82, 2.24) is 10.2 Å². The third-order valence-corrected chi connectivity index (χ3v) is 3.89. The van der Waals surface area contributed by atoms with Gasteiger partial charge in [0, 0.05) is 12.6 Å². The molecule has 0 atom stereocenters. The highest BCUT2D eigenvalue weighted by Crippen LogP contribution is 2.14. The highest BCUT2D eigenvalue weighted by Gasteiger charge is 2.24. The number of amides is 1. The number of carbonyl (C=O) groups is 2. The molecule has 0 aromatic carbocycles. The van der Waals surface area contributed by atoms with Crippen molar-refractivity contribution in [2.45, 2.75) is 32.2 Å². The van der Waals surface area contributed by atoms with Gasteiger partial charge >= 0.3 is 5.97 Å². The average molecular weight is 274 g/mol. The van der Waals surface area contributed by atoms with Gasteiger partial charge in [0.25, 0.3) is 0 Å². The van der Waals surface area contributed by atoms with Gasteiger partial charge in [-0.25, -0.2) is 0 Å². The molecule has 5 nitrogen and oxygen atoms in total. The minimum Gasteiger partial charge on any atom is -0.481 e. The molecule has 0 aromatic rings. The summed E-state index contributed by atoms with van der Waals surface area (Å²) in [5, 5.41) is 11.9. The Labute approximate surface area is 112 Å². The second-order valence-electron chi connectivity index (χ2n) is 4.45. The lowest BCUT2D eigenvalue weighted by atomic mass is 10.0. The first-order valence-electron chi connectivity index (χ1n) is 6.45. The van der Waals surface area contributed by atoms with Crippen molar-refractivity contribution in [3.63, 3.8) is 0 Å². The van der Waals surface area contributed by atoms with E-state index in [9.17, 15) is 9.59 Å². The number of aliphatic carboxylic acids is 1. The molecule has 1 saturated heterocycles. The lowest BCUT2D eigenvalue weighted by Crippen LogP contribution is -2.47. The van der Waals surface area contributed by atoms with Crippen molar-refractivity contribution < 1.29 is 14.7 Å². The topological polar surface area (TPSA) is 69.6 Å². The minimum atomic E-state index is -0.864. The Kier molecular flexibility index (Phi) is 7.12. The van der Waals surface area contributed by atoms with Crippen LogP contribution in [0.1, 0.15) is 26.2 Å². The van der Waals surface area contributed by atoms with Crippen LogP contribution in [-0.4, -0.2) is 59.1 Å². The van der Waals surface area contributed by atoms with Crippen LogP contribution in [0.2, 0.25) is 0 Å². The van der Waals surface area contributed by atoms with Crippen molar-refractivity contribution in [2.24, 2.45) is 0 Å². The summed E-state index contributed by atoms with van der Waals surface area (Å²) in [6.45, 7) is 4.75. The van der Waals surface area contributed by atoms with Crippen LogP contribution >= 0.6 is 11.8 Å². The quantitative estimate of drug-likeness (QED) is 0.718. The van der Waals surface area contributed by atoms with Gasteiger partial charge in [-0.1, -0.05) is 6.92 Å². The molecule has 0 bridgehead atoms. The van der Waals surface area contributed by atoms with Gasteiger partial charge in [-0.15, -0.1) is 11.8 Å². The Hall–Kier alpha value is -0.750. The van der Waals surface area contributed by atoms with Gasteiger partial charge in [-0.05, 0) is 32.4 Å². The highest BCUT2D eigenvalue weighted by molar-refractivity contribution is 8.00. The van der Waals surface area contributed by atoms with Gasteiger partial charge in [0.2, 0.25) is 5.91 Å². The molecule has 0 aliphatic carbocycles. The molecule has 0 spiro atoms. The second-order valence-corrected chi connectivity index (χ2v) is 5.44. The van der Waals surface area contributed by atoms with Crippen LogP contribution < -0.4 is 5.32 Å². The fourth-order valence-electron chi connectivity index (χ4n) is 2.18. The molecular formula is C12H22N2O3S. The van der Waals surface area contributed by atoms with Crippen molar-refractivity contribution in [3.05, 3.63) is 0 Å². The van der Waals surface area contributed by atoms with E-state index in [1.54, 1.807) is 0 Å². The molecule has 1 amide bonds. The van der Waals surface area contributed by atoms with E-state index in [1.165, 1.54) is 11.8 Å². The third-order valence-electron chi connectivity index (χ3n) is 2.99.